The first-order valence-corrected chi connectivity index (χ1v) is 14.5. The lowest BCUT2D eigenvalue weighted by atomic mass is 9.82. The van der Waals surface area contributed by atoms with Gasteiger partial charge in [0.05, 0.1) is 0 Å². The number of ketones is 1. The molecule has 216 valence electrons. The van der Waals surface area contributed by atoms with Crippen LogP contribution in [0.2, 0.25) is 5.02 Å². The van der Waals surface area contributed by atoms with E-state index >= 15 is 0 Å². The number of benzene rings is 3. The van der Waals surface area contributed by atoms with Gasteiger partial charge in [-0.05, 0) is 81.0 Å². The van der Waals surface area contributed by atoms with Gasteiger partial charge in [0.1, 0.15) is 5.75 Å². The van der Waals surface area contributed by atoms with Crippen molar-refractivity contribution in [2.45, 2.75) is 44.1 Å². The number of thioether (sulfide) groups is 1. The Bertz CT molecular complexity index is 1470. The van der Waals surface area contributed by atoms with E-state index in [0.717, 1.165) is 16.5 Å². The molecule has 4 rings (SSSR count). The summed E-state index contributed by atoms with van der Waals surface area (Å²) in [6.07, 6.45) is 1.17. The zero-order chi connectivity index (χ0) is 30.1. The maximum absolute atomic E-state index is 14.3. The molecule has 0 saturated carbocycles. The number of aryl methyl sites for hydroxylation is 2. The highest BCUT2D eigenvalue weighted by Gasteiger charge is 2.42. The molecule has 3 aromatic carbocycles. The van der Waals surface area contributed by atoms with E-state index in [9.17, 15) is 23.9 Å². The first-order chi connectivity index (χ1) is 19.3. The average Bonchev–Trinajstić information content (AvgIpc) is 3.37. The smallest absolute Gasteiger partial charge is 0.415 e. The van der Waals surface area contributed by atoms with Crippen LogP contribution in [0.25, 0.3) is 0 Å². The summed E-state index contributed by atoms with van der Waals surface area (Å²) in [7, 11) is 0. The number of aliphatic carboxylic acids is 1. The summed E-state index contributed by atoms with van der Waals surface area (Å²) in [6, 6.07) is 14.8. The third-order valence-electron chi connectivity index (χ3n) is 7.16. The van der Waals surface area contributed by atoms with Gasteiger partial charge < -0.3 is 19.5 Å². The first-order valence-electron chi connectivity index (χ1n) is 12.9. The molecule has 0 bridgehead atoms. The van der Waals surface area contributed by atoms with Crippen LogP contribution in [0.15, 0.2) is 59.5 Å². The summed E-state index contributed by atoms with van der Waals surface area (Å²) in [6.45, 7) is 6.81. The number of carbonyl (C=O) groups excluding carboxylic acids is 2. The van der Waals surface area contributed by atoms with Crippen LogP contribution in [0.5, 0.6) is 11.5 Å². The molecule has 0 unspecified atom stereocenters. The van der Waals surface area contributed by atoms with Crippen molar-refractivity contribution in [2.24, 2.45) is 5.92 Å². The van der Waals surface area contributed by atoms with Crippen molar-refractivity contribution >= 4 is 41.2 Å². The fourth-order valence-electron chi connectivity index (χ4n) is 4.90. The van der Waals surface area contributed by atoms with Gasteiger partial charge in [0.2, 0.25) is 0 Å². The normalized spacial score (nSPS) is 16.9. The molecule has 1 amide bonds. The minimum atomic E-state index is -1.44. The summed E-state index contributed by atoms with van der Waals surface area (Å²) < 4.78 is 25.5. The number of nitrogens with zero attached hydrogens (tertiary/aromatic N) is 1. The van der Waals surface area contributed by atoms with E-state index in [2.05, 4.69) is 0 Å². The zero-order valence-corrected chi connectivity index (χ0v) is 24.9. The fraction of sp³-hybridized carbons (Fsp3) is 0.323. The van der Waals surface area contributed by atoms with Crippen molar-refractivity contribution in [1.82, 2.24) is 4.90 Å². The van der Waals surface area contributed by atoms with Crippen LogP contribution in [0.3, 0.4) is 0 Å². The molecule has 0 spiro atoms. The molecule has 1 aliphatic rings. The van der Waals surface area contributed by atoms with Gasteiger partial charge in [0.25, 0.3) is 0 Å². The van der Waals surface area contributed by atoms with Crippen molar-refractivity contribution in [3.8, 4) is 11.5 Å². The summed E-state index contributed by atoms with van der Waals surface area (Å²) in [5.74, 6) is -2.80. The van der Waals surface area contributed by atoms with Crippen LogP contribution in [-0.2, 0) is 4.79 Å². The highest BCUT2D eigenvalue weighted by molar-refractivity contribution is 7.98. The fourth-order valence-corrected chi connectivity index (χ4v) is 5.47. The van der Waals surface area contributed by atoms with Crippen molar-refractivity contribution in [1.29, 1.82) is 0 Å². The summed E-state index contributed by atoms with van der Waals surface area (Å²) in [5, 5.41) is 9.70. The van der Waals surface area contributed by atoms with Gasteiger partial charge in [-0.1, -0.05) is 35.9 Å². The molecule has 1 fully saturated rings. The topological polar surface area (TPSA) is 93.1 Å². The van der Waals surface area contributed by atoms with Crippen LogP contribution in [0, 0.1) is 25.6 Å². The van der Waals surface area contributed by atoms with Crippen molar-refractivity contribution in [3.63, 3.8) is 0 Å². The highest BCUT2D eigenvalue weighted by atomic mass is 35.5. The Kier molecular flexibility index (Phi) is 8.99. The van der Waals surface area contributed by atoms with Crippen LogP contribution in [0.4, 0.5) is 9.18 Å². The van der Waals surface area contributed by atoms with E-state index in [4.69, 9.17) is 21.1 Å². The summed E-state index contributed by atoms with van der Waals surface area (Å²) in [4.78, 5) is 41.0. The van der Waals surface area contributed by atoms with E-state index in [0.29, 0.717) is 22.4 Å². The zero-order valence-electron chi connectivity index (χ0n) is 23.4. The number of hydrogen-bond donors (Lipinski definition) is 1. The van der Waals surface area contributed by atoms with Crippen LogP contribution < -0.4 is 9.47 Å². The molecule has 1 N–H and O–H groups in total. The van der Waals surface area contributed by atoms with Crippen molar-refractivity contribution in [3.05, 3.63) is 87.7 Å². The number of Topliss-reactive ketones (excluding diaryl/α,β-unsaturated/α-hetero) is 1. The molecule has 41 heavy (non-hydrogen) atoms. The van der Waals surface area contributed by atoms with Gasteiger partial charge in [0.15, 0.2) is 23.0 Å². The lowest BCUT2D eigenvalue weighted by molar-refractivity contribution is -0.152. The molecule has 1 heterocycles. The van der Waals surface area contributed by atoms with E-state index in [1.165, 1.54) is 30.9 Å². The first kappa shape index (κ1) is 30.4. The van der Waals surface area contributed by atoms with E-state index in [1.807, 2.05) is 44.4 Å². The lowest BCUT2D eigenvalue weighted by Crippen LogP contribution is -2.38. The molecule has 0 aromatic heterocycles. The third kappa shape index (κ3) is 6.68. The Morgan fingerprint density at radius 1 is 1.02 bits per heavy atom. The van der Waals surface area contributed by atoms with Crippen LogP contribution in [-0.4, -0.2) is 52.8 Å². The van der Waals surface area contributed by atoms with Gasteiger partial charge in [-0.15, -0.1) is 11.8 Å². The van der Waals surface area contributed by atoms with Crippen LogP contribution >= 0.6 is 23.4 Å². The largest absolute Gasteiger partial charge is 0.478 e. The van der Waals surface area contributed by atoms with Gasteiger partial charge >= 0.3 is 12.1 Å². The number of amides is 1. The molecular weight excluding hydrogens is 569 g/mol. The molecule has 1 saturated heterocycles. The number of rotatable bonds is 8. The molecular formula is C31H31ClFNO6S. The number of ether oxygens (including phenoxy) is 2. The van der Waals surface area contributed by atoms with Gasteiger partial charge in [-0.2, -0.15) is 0 Å². The number of hydrogen-bond acceptors (Lipinski definition) is 6. The maximum Gasteiger partial charge on any atom is 0.415 e. The Morgan fingerprint density at radius 2 is 1.66 bits per heavy atom. The predicted octanol–water partition coefficient (Wildman–Crippen LogP) is 7.16. The Hall–Kier alpha value is -3.56. The minimum absolute atomic E-state index is 0.0736. The number of carbonyl (C=O) groups is 3. The number of carboxylic acids is 1. The average molecular weight is 600 g/mol. The summed E-state index contributed by atoms with van der Waals surface area (Å²) in [5.41, 5.74) is 1.28. The molecule has 2 atom stereocenters. The van der Waals surface area contributed by atoms with Gasteiger partial charge in [0, 0.05) is 40.4 Å². The quantitative estimate of drug-likeness (QED) is 0.217. The predicted molar refractivity (Wildman–Crippen MR) is 156 cm³/mol. The number of carboxylic acid groups (broad SMARTS) is 1. The number of halogens is 2. The number of likely N-dealkylation sites (tertiary alicyclic amines) is 1. The molecule has 0 aliphatic carbocycles. The highest BCUT2D eigenvalue weighted by Crippen LogP contribution is 2.39. The molecule has 0 radical (unpaired) electrons. The molecule has 3 aromatic rings. The second-order valence-corrected chi connectivity index (χ2v) is 11.9. The van der Waals surface area contributed by atoms with E-state index in [1.54, 1.807) is 23.9 Å². The third-order valence-corrected chi connectivity index (χ3v) is 8.14. The monoisotopic (exact) mass is 599 g/mol. The lowest BCUT2D eigenvalue weighted by Gasteiger charge is -2.26. The second-order valence-electron chi connectivity index (χ2n) is 10.6. The second kappa shape index (κ2) is 12.1. The molecule has 10 heteroatoms. The van der Waals surface area contributed by atoms with Gasteiger partial charge in [-0.3, -0.25) is 4.79 Å². The Balaban J connectivity index is 1.67. The Labute approximate surface area is 247 Å². The van der Waals surface area contributed by atoms with Crippen LogP contribution in [0.1, 0.15) is 46.8 Å². The van der Waals surface area contributed by atoms with Crippen molar-refractivity contribution in [2.75, 3.05) is 19.3 Å². The molecule has 7 nitrogen and oxygen atoms in total. The van der Waals surface area contributed by atoms with E-state index < -0.39 is 35.3 Å². The Morgan fingerprint density at radius 3 is 2.22 bits per heavy atom. The standard InChI is InChI=1S/C31H31ClFNO6S/c1-17-12-20(13-18(2)28(17)40-31(3,4)29(36)37)23-15-34(30(38)39-26-11-8-21(32)14-25(26)33)16-24(23)27(35)19-6-9-22(41-5)10-7-19/h6-14,23-24H,15-16H2,1-5H3,(H,36,37)/t23-,24+/m0/s1. The summed E-state index contributed by atoms with van der Waals surface area (Å²) >= 11 is 7.39. The van der Waals surface area contributed by atoms with E-state index in [-0.39, 0.29) is 29.6 Å². The van der Waals surface area contributed by atoms with Crippen molar-refractivity contribution < 1.29 is 33.4 Å². The molecule has 1 aliphatic heterocycles. The minimum Gasteiger partial charge on any atom is -0.478 e. The SMILES string of the molecule is CSc1ccc(C(=O)[C@@H]2CN(C(=O)Oc3ccc(Cl)cc3F)C[C@H]2c2cc(C)c(OC(C)(C)C(=O)O)c(C)c2)cc1. The van der Waals surface area contributed by atoms with Gasteiger partial charge in [-0.25, -0.2) is 14.0 Å². The maximum atomic E-state index is 14.3.